The Morgan fingerprint density at radius 3 is 2.70 bits per heavy atom. The van der Waals surface area contributed by atoms with E-state index in [-0.39, 0.29) is 6.10 Å². The van der Waals surface area contributed by atoms with Crippen molar-refractivity contribution in [1.29, 1.82) is 0 Å². The Morgan fingerprint density at radius 2 is 1.78 bits per heavy atom. The normalized spacial score (nSPS) is 25.4. The molecular weight excluding hydrogens is 286 g/mol. The summed E-state index contributed by atoms with van der Waals surface area (Å²) in [6, 6.07) is 10.7. The first-order chi connectivity index (χ1) is 11.4. The highest BCUT2D eigenvalue weighted by molar-refractivity contribution is 5.23. The molecule has 2 aromatic rings. The fraction of sp³-hybridized carbons (Fsp3) is 0.579. The summed E-state index contributed by atoms with van der Waals surface area (Å²) in [5, 5.41) is 9.06. The van der Waals surface area contributed by atoms with Crippen LogP contribution in [0.5, 0.6) is 0 Å². The fourth-order valence-electron chi connectivity index (χ4n) is 3.96. The zero-order valence-electron chi connectivity index (χ0n) is 13.7. The van der Waals surface area contributed by atoms with Crippen molar-refractivity contribution in [3.63, 3.8) is 0 Å². The number of ether oxygens (including phenoxy) is 1. The van der Waals surface area contributed by atoms with Crippen LogP contribution in [0, 0.1) is 0 Å². The predicted molar refractivity (Wildman–Crippen MR) is 89.3 cm³/mol. The van der Waals surface area contributed by atoms with Crippen LogP contribution in [-0.2, 0) is 17.7 Å². The third-order valence-electron chi connectivity index (χ3n) is 5.21. The second-order valence-electron chi connectivity index (χ2n) is 6.74. The first kappa shape index (κ1) is 14.9. The molecule has 4 heteroatoms. The summed E-state index contributed by atoms with van der Waals surface area (Å²) in [4.78, 5) is 0. The third-order valence-corrected chi connectivity index (χ3v) is 5.21. The Bertz CT molecular complexity index is 637. The van der Waals surface area contributed by atoms with Crippen molar-refractivity contribution >= 4 is 0 Å². The number of nitrogens with zero attached hydrogens (tertiary/aromatic N) is 3. The van der Waals surface area contributed by atoms with E-state index in [2.05, 4.69) is 45.1 Å². The topological polar surface area (TPSA) is 39.9 Å². The van der Waals surface area contributed by atoms with Crippen molar-refractivity contribution in [2.75, 3.05) is 6.61 Å². The Kier molecular flexibility index (Phi) is 4.42. The summed E-state index contributed by atoms with van der Waals surface area (Å²) in [7, 11) is 0. The van der Waals surface area contributed by atoms with Crippen LogP contribution < -0.4 is 0 Å². The lowest BCUT2D eigenvalue weighted by atomic mass is 9.92. The molecule has 23 heavy (non-hydrogen) atoms. The van der Waals surface area contributed by atoms with Crippen LogP contribution in [0.4, 0.5) is 0 Å². The Hall–Kier alpha value is -1.68. The van der Waals surface area contributed by atoms with Gasteiger partial charge in [0.2, 0.25) is 0 Å². The molecule has 1 fully saturated rings. The average Bonchev–Trinajstić information content (AvgIpc) is 3.22. The van der Waals surface area contributed by atoms with E-state index < -0.39 is 0 Å². The van der Waals surface area contributed by atoms with Gasteiger partial charge < -0.3 is 9.30 Å². The van der Waals surface area contributed by atoms with Gasteiger partial charge in [0.1, 0.15) is 11.9 Å². The number of hydrogen-bond donors (Lipinski definition) is 0. The van der Waals surface area contributed by atoms with Gasteiger partial charge in [0.15, 0.2) is 5.82 Å². The molecule has 0 unspecified atom stereocenters. The first-order valence-corrected chi connectivity index (χ1v) is 9.02. The van der Waals surface area contributed by atoms with Crippen molar-refractivity contribution < 1.29 is 4.74 Å². The van der Waals surface area contributed by atoms with Crippen molar-refractivity contribution in [2.45, 2.75) is 63.5 Å². The molecule has 2 atom stereocenters. The summed E-state index contributed by atoms with van der Waals surface area (Å²) >= 11 is 0. The van der Waals surface area contributed by atoms with E-state index in [1.54, 1.807) is 0 Å². The second kappa shape index (κ2) is 6.83. The summed E-state index contributed by atoms with van der Waals surface area (Å²) in [5.41, 5.74) is 1.36. The lowest BCUT2D eigenvalue weighted by molar-refractivity contribution is 0.0934. The maximum Gasteiger partial charge on any atom is 0.162 e. The molecule has 4 rings (SSSR count). The van der Waals surface area contributed by atoms with E-state index in [4.69, 9.17) is 4.74 Å². The molecule has 122 valence electrons. The van der Waals surface area contributed by atoms with Crippen LogP contribution in [0.25, 0.3) is 0 Å². The maximum absolute atomic E-state index is 6.11. The predicted octanol–water partition coefficient (Wildman–Crippen LogP) is 4.03. The monoisotopic (exact) mass is 311 g/mol. The van der Waals surface area contributed by atoms with Gasteiger partial charge in [0.25, 0.3) is 0 Å². The number of benzene rings is 1. The average molecular weight is 311 g/mol. The van der Waals surface area contributed by atoms with Crippen LogP contribution >= 0.6 is 0 Å². The highest BCUT2D eigenvalue weighted by Gasteiger charge is 2.35. The number of aryl methyl sites for hydroxylation is 1. The smallest absolute Gasteiger partial charge is 0.162 e. The first-order valence-electron chi connectivity index (χ1n) is 9.02. The molecule has 2 aliphatic heterocycles. The van der Waals surface area contributed by atoms with Gasteiger partial charge in [0.05, 0.1) is 0 Å². The molecule has 1 aromatic heterocycles. The SMILES string of the molecule is c1ccc([C@H]2CCO[C@H]2c2nnc3n2CCCCCCC3)cc1. The van der Waals surface area contributed by atoms with E-state index >= 15 is 0 Å². The van der Waals surface area contributed by atoms with Gasteiger partial charge in [-0.1, -0.05) is 49.6 Å². The minimum absolute atomic E-state index is 0.0550. The lowest BCUT2D eigenvalue weighted by Crippen LogP contribution is -2.15. The Morgan fingerprint density at radius 1 is 0.957 bits per heavy atom. The molecule has 0 aliphatic carbocycles. The molecule has 1 saturated heterocycles. The van der Waals surface area contributed by atoms with Crippen LogP contribution in [0.3, 0.4) is 0 Å². The summed E-state index contributed by atoms with van der Waals surface area (Å²) in [6.45, 7) is 1.85. The molecule has 3 heterocycles. The van der Waals surface area contributed by atoms with Crippen molar-refractivity contribution in [3.8, 4) is 0 Å². The molecule has 2 aliphatic rings. The van der Waals surface area contributed by atoms with Crippen LogP contribution in [-0.4, -0.2) is 21.4 Å². The highest BCUT2D eigenvalue weighted by Crippen LogP contribution is 2.41. The molecule has 1 aromatic carbocycles. The molecule has 0 N–H and O–H groups in total. The molecular formula is C19H25N3O. The van der Waals surface area contributed by atoms with Gasteiger partial charge in [-0.2, -0.15) is 0 Å². The summed E-state index contributed by atoms with van der Waals surface area (Å²) in [5.74, 6) is 2.61. The third kappa shape index (κ3) is 3.05. The molecule has 0 bridgehead atoms. The van der Waals surface area contributed by atoms with Crippen LogP contribution in [0.1, 0.15) is 67.8 Å². The minimum atomic E-state index is 0.0550. The van der Waals surface area contributed by atoms with E-state index in [0.29, 0.717) is 5.92 Å². The van der Waals surface area contributed by atoms with Crippen LogP contribution in [0.2, 0.25) is 0 Å². The van der Waals surface area contributed by atoms with Gasteiger partial charge in [-0.3, -0.25) is 0 Å². The number of hydrogen-bond acceptors (Lipinski definition) is 3. The van der Waals surface area contributed by atoms with E-state index in [0.717, 1.165) is 37.6 Å². The van der Waals surface area contributed by atoms with Gasteiger partial charge in [-0.05, 0) is 24.8 Å². The van der Waals surface area contributed by atoms with Gasteiger partial charge in [0, 0.05) is 25.5 Å². The number of aromatic nitrogens is 3. The van der Waals surface area contributed by atoms with E-state index in [1.165, 1.54) is 37.7 Å². The van der Waals surface area contributed by atoms with Crippen molar-refractivity contribution in [1.82, 2.24) is 14.8 Å². The standard InChI is InChI=1S/C19H25N3O/c1-2-7-11-17-20-21-19(22(17)13-8-3-1)18-16(12-14-23-18)15-9-5-4-6-10-15/h4-6,9-10,16,18H,1-3,7-8,11-14H2/t16-,18-/m1/s1. The second-order valence-corrected chi connectivity index (χ2v) is 6.74. The van der Waals surface area contributed by atoms with E-state index in [9.17, 15) is 0 Å². The summed E-state index contributed by atoms with van der Waals surface area (Å²) in [6.07, 6.45) is 8.60. The van der Waals surface area contributed by atoms with Crippen molar-refractivity contribution in [2.24, 2.45) is 0 Å². The molecule has 0 radical (unpaired) electrons. The quantitative estimate of drug-likeness (QED) is 0.840. The molecule has 4 nitrogen and oxygen atoms in total. The maximum atomic E-state index is 6.11. The highest BCUT2D eigenvalue weighted by atomic mass is 16.5. The fourth-order valence-corrected chi connectivity index (χ4v) is 3.96. The van der Waals surface area contributed by atoms with Gasteiger partial charge in [-0.15, -0.1) is 10.2 Å². The Balaban J connectivity index is 1.64. The summed E-state index contributed by atoms with van der Waals surface area (Å²) < 4.78 is 8.47. The van der Waals surface area contributed by atoms with Crippen molar-refractivity contribution in [3.05, 3.63) is 47.5 Å². The Labute approximate surface area is 137 Å². The zero-order valence-corrected chi connectivity index (χ0v) is 13.7. The van der Waals surface area contributed by atoms with E-state index in [1.807, 2.05) is 0 Å². The number of rotatable bonds is 2. The zero-order chi connectivity index (χ0) is 15.5. The lowest BCUT2D eigenvalue weighted by Gasteiger charge is -2.19. The molecule has 0 saturated carbocycles. The molecule has 0 amide bonds. The van der Waals surface area contributed by atoms with Gasteiger partial charge >= 0.3 is 0 Å². The number of fused-ring (bicyclic) bond motifs is 1. The largest absolute Gasteiger partial charge is 0.370 e. The molecule has 0 spiro atoms. The van der Waals surface area contributed by atoms with Crippen LogP contribution in [0.15, 0.2) is 30.3 Å². The van der Waals surface area contributed by atoms with Gasteiger partial charge in [-0.25, -0.2) is 0 Å². The minimum Gasteiger partial charge on any atom is -0.370 e.